The van der Waals surface area contributed by atoms with Crippen LogP contribution in [0.15, 0.2) is 10.6 Å². The summed E-state index contributed by atoms with van der Waals surface area (Å²) in [6.07, 6.45) is 4.47. The Hall–Kier alpha value is -1.91. The Bertz CT molecular complexity index is 664. The molecule has 4 rings (SSSR count). The third kappa shape index (κ3) is 1.72. The summed E-state index contributed by atoms with van der Waals surface area (Å²) in [4.78, 5) is 11.8. The zero-order chi connectivity index (χ0) is 13.7. The van der Waals surface area contributed by atoms with Crippen molar-refractivity contribution in [1.82, 2.24) is 15.1 Å². The highest BCUT2D eigenvalue weighted by molar-refractivity contribution is 5.62. The van der Waals surface area contributed by atoms with E-state index in [1.807, 2.05) is 13.0 Å². The van der Waals surface area contributed by atoms with Crippen LogP contribution in [0.3, 0.4) is 0 Å². The maximum atomic E-state index is 5.43. The maximum absolute atomic E-state index is 5.43. The molecule has 5 heteroatoms. The van der Waals surface area contributed by atoms with E-state index in [1.54, 1.807) is 0 Å². The molecule has 3 heterocycles. The molecule has 0 radical (unpaired) electrons. The topological polar surface area (TPSA) is 55.1 Å². The number of fused-ring (bicyclic) bond motifs is 1. The predicted octanol–water partition coefficient (Wildman–Crippen LogP) is 2.53. The summed E-state index contributed by atoms with van der Waals surface area (Å²) >= 11 is 0. The molecule has 2 aromatic heterocycles. The molecule has 0 N–H and O–H groups in total. The van der Waals surface area contributed by atoms with Crippen LogP contribution in [0.5, 0.6) is 0 Å². The average Bonchev–Trinajstić information content (AvgIpc) is 3.04. The first-order valence-electron chi connectivity index (χ1n) is 7.32. The fraction of sp³-hybridized carbons (Fsp3) is 0.533. The standard InChI is InChI=1S/C15H18N4O/c1-9-8-13(20-18-9)14-11-4-3-5-12(11)16-15(17-14)19-7-6-10(19)2/h8,10H,3-7H2,1-2H3/t10-/m0/s1. The van der Waals surface area contributed by atoms with Crippen LogP contribution in [0.2, 0.25) is 0 Å². The zero-order valence-corrected chi connectivity index (χ0v) is 11.9. The monoisotopic (exact) mass is 270 g/mol. The molecule has 0 bridgehead atoms. The van der Waals surface area contributed by atoms with Gasteiger partial charge in [0, 0.05) is 29.9 Å². The Morgan fingerprint density at radius 1 is 1.30 bits per heavy atom. The Kier molecular flexibility index (Phi) is 2.55. The summed E-state index contributed by atoms with van der Waals surface area (Å²) in [7, 11) is 0. The van der Waals surface area contributed by atoms with E-state index in [-0.39, 0.29) is 0 Å². The second-order valence-electron chi connectivity index (χ2n) is 5.81. The van der Waals surface area contributed by atoms with Gasteiger partial charge in [0.2, 0.25) is 5.95 Å². The van der Waals surface area contributed by atoms with E-state index < -0.39 is 0 Å². The van der Waals surface area contributed by atoms with Gasteiger partial charge in [0.1, 0.15) is 5.69 Å². The van der Waals surface area contributed by atoms with E-state index in [4.69, 9.17) is 14.5 Å². The molecule has 104 valence electrons. The lowest BCUT2D eigenvalue weighted by Crippen LogP contribution is -2.46. The molecule has 2 aromatic rings. The lowest BCUT2D eigenvalue weighted by Gasteiger charge is -2.38. The molecule has 2 aliphatic rings. The molecule has 1 fully saturated rings. The van der Waals surface area contributed by atoms with E-state index in [0.29, 0.717) is 6.04 Å². The van der Waals surface area contributed by atoms with Gasteiger partial charge in [-0.15, -0.1) is 0 Å². The van der Waals surface area contributed by atoms with E-state index in [2.05, 4.69) is 17.0 Å². The fourth-order valence-electron chi connectivity index (χ4n) is 3.04. The Morgan fingerprint density at radius 2 is 2.20 bits per heavy atom. The minimum atomic E-state index is 0.541. The molecule has 0 spiro atoms. The van der Waals surface area contributed by atoms with Crippen molar-refractivity contribution in [3.05, 3.63) is 23.0 Å². The number of aryl methyl sites for hydroxylation is 2. The minimum Gasteiger partial charge on any atom is -0.354 e. The maximum Gasteiger partial charge on any atom is 0.226 e. The van der Waals surface area contributed by atoms with Gasteiger partial charge < -0.3 is 9.42 Å². The molecule has 0 amide bonds. The van der Waals surface area contributed by atoms with Crippen molar-refractivity contribution in [2.75, 3.05) is 11.4 Å². The summed E-state index contributed by atoms with van der Waals surface area (Å²) < 4.78 is 5.43. The van der Waals surface area contributed by atoms with Gasteiger partial charge in [-0.2, -0.15) is 0 Å². The summed E-state index contributed by atoms with van der Waals surface area (Å²) in [6, 6.07) is 2.50. The molecule has 1 atom stereocenters. The molecule has 0 aromatic carbocycles. The Balaban J connectivity index is 1.84. The van der Waals surface area contributed by atoms with Gasteiger partial charge in [-0.25, -0.2) is 9.97 Å². The first-order valence-corrected chi connectivity index (χ1v) is 7.32. The highest BCUT2D eigenvalue weighted by Gasteiger charge is 2.29. The van der Waals surface area contributed by atoms with Crippen LogP contribution in [-0.2, 0) is 12.8 Å². The van der Waals surface area contributed by atoms with Crippen LogP contribution in [0.1, 0.15) is 36.7 Å². The van der Waals surface area contributed by atoms with Gasteiger partial charge in [0.15, 0.2) is 5.76 Å². The van der Waals surface area contributed by atoms with Gasteiger partial charge >= 0.3 is 0 Å². The second kappa shape index (κ2) is 4.30. The van der Waals surface area contributed by atoms with Crippen molar-refractivity contribution >= 4 is 5.95 Å². The van der Waals surface area contributed by atoms with Gasteiger partial charge in [-0.1, -0.05) is 5.16 Å². The number of hydrogen-bond donors (Lipinski definition) is 0. The van der Waals surface area contributed by atoms with Crippen LogP contribution < -0.4 is 4.90 Å². The Labute approximate surface area is 118 Å². The van der Waals surface area contributed by atoms with Crippen LogP contribution >= 0.6 is 0 Å². The lowest BCUT2D eigenvalue weighted by molar-refractivity contribution is 0.425. The van der Waals surface area contributed by atoms with E-state index in [0.717, 1.165) is 48.9 Å². The third-order valence-electron chi connectivity index (χ3n) is 4.36. The van der Waals surface area contributed by atoms with Crippen LogP contribution in [0.4, 0.5) is 5.95 Å². The molecule has 1 aliphatic heterocycles. The first kappa shape index (κ1) is 11.9. The summed E-state index contributed by atoms with van der Waals surface area (Å²) in [5.74, 6) is 1.63. The van der Waals surface area contributed by atoms with Crippen molar-refractivity contribution in [3.63, 3.8) is 0 Å². The van der Waals surface area contributed by atoms with Crippen LogP contribution in [-0.4, -0.2) is 27.7 Å². The number of nitrogens with zero attached hydrogens (tertiary/aromatic N) is 4. The predicted molar refractivity (Wildman–Crippen MR) is 75.7 cm³/mol. The molecule has 20 heavy (non-hydrogen) atoms. The second-order valence-corrected chi connectivity index (χ2v) is 5.81. The average molecular weight is 270 g/mol. The number of anilines is 1. The van der Waals surface area contributed by atoms with Crippen LogP contribution in [0, 0.1) is 6.92 Å². The van der Waals surface area contributed by atoms with Crippen molar-refractivity contribution < 1.29 is 4.52 Å². The summed E-state index contributed by atoms with van der Waals surface area (Å²) in [5.41, 5.74) is 4.28. The van der Waals surface area contributed by atoms with Gasteiger partial charge in [-0.05, 0) is 39.5 Å². The van der Waals surface area contributed by atoms with Gasteiger partial charge in [-0.3, -0.25) is 0 Å². The van der Waals surface area contributed by atoms with E-state index >= 15 is 0 Å². The SMILES string of the molecule is Cc1cc(-c2nc(N3CC[C@@H]3C)nc3c2CCC3)on1. The van der Waals surface area contributed by atoms with Crippen molar-refractivity contribution in [2.45, 2.75) is 45.6 Å². The number of rotatable bonds is 2. The quantitative estimate of drug-likeness (QED) is 0.839. The van der Waals surface area contributed by atoms with Crippen molar-refractivity contribution in [2.24, 2.45) is 0 Å². The molecule has 1 aliphatic carbocycles. The molecule has 0 unspecified atom stereocenters. The molecule has 5 nitrogen and oxygen atoms in total. The summed E-state index contributed by atoms with van der Waals surface area (Å²) in [6.45, 7) is 5.21. The lowest BCUT2D eigenvalue weighted by atomic mass is 10.1. The van der Waals surface area contributed by atoms with Gasteiger partial charge in [0.05, 0.1) is 5.69 Å². The van der Waals surface area contributed by atoms with Crippen molar-refractivity contribution in [3.8, 4) is 11.5 Å². The number of aromatic nitrogens is 3. The Morgan fingerprint density at radius 3 is 2.85 bits per heavy atom. The van der Waals surface area contributed by atoms with E-state index in [9.17, 15) is 0 Å². The summed E-state index contributed by atoms with van der Waals surface area (Å²) in [5, 5.41) is 3.99. The normalized spacial score (nSPS) is 20.9. The highest BCUT2D eigenvalue weighted by atomic mass is 16.5. The third-order valence-corrected chi connectivity index (χ3v) is 4.36. The molecular formula is C15H18N4O. The number of hydrogen-bond acceptors (Lipinski definition) is 5. The largest absolute Gasteiger partial charge is 0.354 e. The first-order chi connectivity index (χ1) is 9.72. The van der Waals surface area contributed by atoms with Crippen LogP contribution in [0.25, 0.3) is 11.5 Å². The van der Waals surface area contributed by atoms with E-state index in [1.165, 1.54) is 17.7 Å². The smallest absolute Gasteiger partial charge is 0.226 e. The minimum absolute atomic E-state index is 0.541. The zero-order valence-electron chi connectivity index (χ0n) is 11.9. The fourth-order valence-corrected chi connectivity index (χ4v) is 3.04. The molecule has 0 saturated carbocycles. The van der Waals surface area contributed by atoms with Gasteiger partial charge in [0.25, 0.3) is 0 Å². The van der Waals surface area contributed by atoms with Crippen molar-refractivity contribution in [1.29, 1.82) is 0 Å². The molecular weight excluding hydrogens is 252 g/mol. The molecule has 1 saturated heterocycles. The highest BCUT2D eigenvalue weighted by Crippen LogP contribution is 2.33.